The molecule has 0 saturated heterocycles. The van der Waals surface area contributed by atoms with E-state index >= 15 is 0 Å². The highest BCUT2D eigenvalue weighted by molar-refractivity contribution is 5.91. The molecule has 0 saturated carbocycles. The van der Waals surface area contributed by atoms with Gasteiger partial charge >= 0.3 is 0 Å². The van der Waals surface area contributed by atoms with Crippen LogP contribution in [0.5, 0.6) is 0 Å². The predicted molar refractivity (Wildman–Crippen MR) is 71.3 cm³/mol. The number of carbonyl (C=O) groups excluding carboxylic acids is 1. The minimum atomic E-state index is -0.340. The third kappa shape index (κ3) is 4.29. The zero-order valence-corrected chi connectivity index (χ0v) is 10.7. The van der Waals surface area contributed by atoms with Crippen LogP contribution in [0.3, 0.4) is 0 Å². The van der Waals surface area contributed by atoms with E-state index in [4.69, 9.17) is 0 Å². The average Bonchev–Trinajstić information content (AvgIpc) is 2.38. The molecule has 1 aromatic heterocycles. The molecule has 1 heterocycles. The summed E-state index contributed by atoms with van der Waals surface area (Å²) in [5, 5.41) is 2.70. The molecular formula is C13H16N4O. The molecule has 0 unspecified atom stereocenters. The van der Waals surface area contributed by atoms with Gasteiger partial charge in [-0.3, -0.25) is 9.79 Å². The van der Waals surface area contributed by atoms with Crippen molar-refractivity contribution in [3.8, 4) is 0 Å². The molecule has 94 valence electrons. The maximum atomic E-state index is 11.8. The zero-order chi connectivity index (χ0) is 13.4. The van der Waals surface area contributed by atoms with Gasteiger partial charge in [0.2, 0.25) is 5.82 Å². The molecule has 0 radical (unpaired) electrons. The van der Waals surface area contributed by atoms with Crippen LogP contribution in [0.2, 0.25) is 0 Å². The Kier molecular flexibility index (Phi) is 5.44. The Labute approximate surface area is 106 Å². The SMILES string of the molecule is CC=N/C=C\C(=C/C)NC(=O)c1ncc(C)cn1. The normalized spacial score (nSPS) is 12.3. The number of allylic oxidation sites excluding steroid dienone is 2. The molecule has 1 N–H and O–H groups in total. The molecular weight excluding hydrogens is 228 g/mol. The Hall–Kier alpha value is -2.30. The first-order valence-corrected chi connectivity index (χ1v) is 5.58. The second-order valence-electron chi connectivity index (χ2n) is 3.51. The minimum Gasteiger partial charge on any atom is -0.320 e. The average molecular weight is 244 g/mol. The van der Waals surface area contributed by atoms with Crippen molar-refractivity contribution in [3.05, 3.63) is 47.8 Å². The van der Waals surface area contributed by atoms with E-state index in [2.05, 4.69) is 20.3 Å². The lowest BCUT2D eigenvalue weighted by atomic mass is 10.3. The molecule has 0 aliphatic rings. The van der Waals surface area contributed by atoms with Crippen molar-refractivity contribution in [1.82, 2.24) is 15.3 Å². The lowest BCUT2D eigenvalue weighted by Gasteiger charge is -2.04. The van der Waals surface area contributed by atoms with E-state index in [1.165, 1.54) is 0 Å². The molecule has 0 aliphatic carbocycles. The molecule has 1 aromatic rings. The van der Waals surface area contributed by atoms with E-state index in [1.807, 2.05) is 20.8 Å². The van der Waals surface area contributed by atoms with E-state index in [-0.39, 0.29) is 11.7 Å². The highest BCUT2D eigenvalue weighted by atomic mass is 16.2. The quantitative estimate of drug-likeness (QED) is 0.651. The Morgan fingerprint density at radius 1 is 1.33 bits per heavy atom. The predicted octanol–water partition coefficient (Wildman–Crippen LogP) is 2.02. The summed E-state index contributed by atoms with van der Waals surface area (Å²) in [6.07, 6.45) is 9.95. The van der Waals surface area contributed by atoms with Gasteiger partial charge in [-0.1, -0.05) is 6.08 Å². The lowest BCUT2D eigenvalue weighted by molar-refractivity contribution is 0.0956. The van der Waals surface area contributed by atoms with Gasteiger partial charge in [0.15, 0.2) is 0 Å². The molecule has 1 amide bonds. The van der Waals surface area contributed by atoms with Crippen molar-refractivity contribution in [3.63, 3.8) is 0 Å². The fourth-order valence-electron chi connectivity index (χ4n) is 1.12. The number of carbonyl (C=O) groups is 1. The van der Waals surface area contributed by atoms with Gasteiger partial charge in [-0.2, -0.15) is 0 Å². The number of aromatic nitrogens is 2. The molecule has 0 aliphatic heterocycles. The summed E-state index contributed by atoms with van der Waals surface area (Å²) in [5.74, 6) is -0.194. The second-order valence-corrected chi connectivity index (χ2v) is 3.51. The summed E-state index contributed by atoms with van der Waals surface area (Å²) in [6, 6.07) is 0. The molecule has 0 atom stereocenters. The van der Waals surface area contributed by atoms with E-state index < -0.39 is 0 Å². The first kappa shape index (κ1) is 13.8. The summed E-state index contributed by atoms with van der Waals surface area (Å²) in [6.45, 7) is 5.51. The van der Waals surface area contributed by atoms with Crippen molar-refractivity contribution in [2.24, 2.45) is 4.99 Å². The number of hydrogen-bond acceptors (Lipinski definition) is 4. The maximum Gasteiger partial charge on any atom is 0.293 e. The Balaban J connectivity index is 2.71. The number of amides is 1. The van der Waals surface area contributed by atoms with Gasteiger partial charge in [-0.15, -0.1) is 0 Å². The van der Waals surface area contributed by atoms with Crippen molar-refractivity contribution >= 4 is 12.1 Å². The van der Waals surface area contributed by atoms with Gasteiger partial charge in [0, 0.05) is 30.5 Å². The standard InChI is InChI=1S/C13H16N4O/c1-4-11(6-7-14-5-2)17-13(18)12-15-8-10(3)9-16-12/h4-9H,1-3H3,(H,17,18)/b7-6-,11-4+,14-5?. The third-order valence-corrected chi connectivity index (χ3v) is 2.04. The Morgan fingerprint density at radius 3 is 2.56 bits per heavy atom. The van der Waals surface area contributed by atoms with Crippen molar-refractivity contribution in [2.75, 3.05) is 0 Å². The van der Waals surface area contributed by atoms with Crippen LogP contribution < -0.4 is 5.32 Å². The second kappa shape index (κ2) is 7.11. The highest BCUT2D eigenvalue weighted by Crippen LogP contribution is 1.97. The summed E-state index contributed by atoms with van der Waals surface area (Å²) in [5.41, 5.74) is 1.56. The van der Waals surface area contributed by atoms with Crippen LogP contribution >= 0.6 is 0 Å². The van der Waals surface area contributed by atoms with E-state index in [0.717, 1.165) is 5.56 Å². The smallest absolute Gasteiger partial charge is 0.293 e. The van der Waals surface area contributed by atoms with E-state index in [1.54, 1.807) is 37.0 Å². The first-order valence-electron chi connectivity index (χ1n) is 5.58. The fraction of sp³-hybridized carbons (Fsp3) is 0.231. The van der Waals surface area contributed by atoms with Crippen LogP contribution in [0.1, 0.15) is 30.0 Å². The largest absolute Gasteiger partial charge is 0.320 e. The Bertz CT molecular complexity index is 486. The van der Waals surface area contributed by atoms with E-state index in [0.29, 0.717) is 5.70 Å². The molecule has 1 rings (SSSR count). The summed E-state index contributed by atoms with van der Waals surface area (Å²) in [7, 11) is 0. The zero-order valence-electron chi connectivity index (χ0n) is 10.7. The van der Waals surface area contributed by atoms with Crippen LogP contribution in [-0.4, -0.2) is 22.1 Å². The molecule has 0 spiro atoms. The molecule has 5 heteroatoms. The summed E-state index contributed by atoms with van der Waals surface area (Å²) < 4.78 is 0. The number of aliphatic imine (C=N–C) groups is 1. The lowest BCUT2D eigenvalue weighted by Crippen LogP contribution is -2.24. The molecule has 5 nitrogen and oxygen atoms in total. The van der Waals surface area contributed by atoms with Gasteiger partial charge in [0.1, 0.15) is 0 Å². The van der Waals surface area contributed by atoms with Crippen LogP contribution in [-0.2, 0) is 0 Å². The topological polar surface area (TPSA) is 67.2 Å². The summed E-state index contributed by atoms with van der Waals surface area (Å²) >= 11 is 0. The van der Waals surface area contributed by atoms with Crippen LogP contribution in [0.15, 0.2) is 41.4 Å². The number of aryl methyl sites for hydroxylation is 1. The molecule has 18 heavy (non-hydrogen) atoms. The minimum absolute atomic E-state index is 0.146. The van der Waals surface area contributed by atoms with Crippen LogP contribution in [0, 0.1) is 6.92 Å². The van der Waals surface area contributed by atoms with Gasteiger partial charge in [-0.25, -0.2) is 9.97 Å². The van der Waals surface area contributed by atoms with Crippen molar-refractivity contribution < 1.29 is 4.79 Å². The number of rotatable bonds is 4. The van der Waals surface area contributed by atoms with Crippen LogP contribution in [0.25, 0.3) is 0 Å². The molecule has 0 aromatic carbocycles. The first-order chi connectivity index (χ1) is 8.67. The maximum absolute atomic E-state index is 11.8. The number of nitrogens with zero attached hydrogens (tertiary/aromatic N) is 3. The van der Waals surface area contributed by atoms with Gasteiger partial charge in [0.05, 0.1) is 0 Å². The molecule has 0 bridgehead atoms. The van der Waals surface area contributed by atoms with Crippen molar-refractivity contribution in [2.45, 2.75) is 20.8 Å². The summed E-state index contributed by atoms with van der Waals surface area (Å²) in [4.78, 5) is 23.6. The number of hydrogen-bond donors (Lipinski definition) is 1. The van der Waals surface area contributed by atoms with Gasteiger partial charge in [-0.05, 0) is 32.4 Å². The molecule has 0 fully saturated rings. The highest BCUT2D eigenvalue weighted by Gasteiger charge is 2.08. The fourth-order valence-corrected chi connectivity index (χ4v) is 1.12. The van der Waals surface area contributed by atoms with Crippen LogP contribution in [0.4, 0.5) is 0 Å². The van der Waals surface area contributed by atoms with E-state index in [9.17, 15) is 4.79 Å². The Morgan fingerprint density at radius 2 is 2.00 bits per heavy atom. The van der Waals surface area contributed by atoms with Gasteiger partial charge in [0.25, 0.3) is 5.91 Å². The monoisotopic (exact) mass is 244 g/mol. The number of nitrogens with one attached hydrogen (secondary N) is 1. The van der Waals surface area contributed by atoms with Crippen molar-refractivity contribution in [1.29, 1.82) is 0 Å². The van der Waals surface area contributed by atoms with Gasteiger partial charge < -0.3 is 5.32 Å². The third-order valence-electron chi connectivity index (χ3n) is 2.04.